The Hall–Kier alpha value is -0.180. The molecule has 0 heterocycles. The first kappa shape index (κ1) is 11.9. The number of hydrogen-bond donors (Lipinski definition) is 1. The minimum absolute atomic E-state index is 0.114. The lowest BCUT2D eigenvalue weighted by Gasteiger charge is -2.21. The first-order valence-corrected chi connectivity index (χ1v) is 6.62. The fourth-order valence-electron chi connectivity index (χ4n) is 1.85. The Morgan fingerprint density at radius 3 is 2.79 bits per heavy atom. The molecule has 0 bridgehead atoms. The molecule has 1 aliphatic rings. The van der Waals surface area contributed by atoms with Crippen molar-refractivity contribution in [2.75, 3.05) is 5.75 Å². The maximum Gasteiger partial charge on any atom is 0.222 e. The lowest BCUT2D eigenvalue weighted by molar-refractivity contribution is -0.124. The Bertz CT molecular complexity index is 194. The quantitative estimate of drug-likeness (QED) is 0.780. The maximum atomic E-state index is 11.5. The van der Waals surface area contributed by atoms with Crippen molar-refractivity contribution in [2.24, 2.45) is 5.92 Å². The van der Waals surface area contributed by atoms with E-state index in [1.54, 1.807) is 0 Å². The van der Waals surface area contributed by atoms with Crippen molar-refractivity contribution in [3.63, 3.8) is 0 Å². The molecule has 1 N–H and O–H groups in total. The topological polar surface area (TPSA) is 29.1 Å². The maximum absolute atomic E-state index is 11.5. The van der Waals surface area contributed by atoms with Gasteiger partial charge in [0.25, 0.3) is 0 Å². The summed E-state index contributed by atoms with van der Waals surface area (Å²) < 4.78 is 0. The van der Waals surface area contributed by atoms with Gasteiger partial charge in [0.2, 0.25) is 5.91 Å². The molecule has 1 saturated carbocycles. The number of nitrogens with one attached hydrogen (secondary N) is 1. The minimum atomic E-state index is 0.114. The van der Waals surface area contributed by atoms with Gasteiger partial charge in [-0.1, -0.05) is 27.2 Å². The molecule has 2 nitrogen and oxygen atoms in total. The summed E-state index contributed by atoms with van der Waals surface area (Å²) in [5.41, 5.74) is 0. The van der Waals surface area contributed by atoms with Crippen LogP contribution in [0.15, 0.2) is 0 Å². The predicted molar refractivity (Wildman–Crippen MR) is 62.5 cm³/mol. The van der Waals surface area contributed by atoms with E-state index in [2.05, 4.69) is 12.2 Å². The lowest BCUT2D eigenvalue weighted by atomic mass is 10.1. The molecule has 0 aromatic heterocycles. The molecule has 14 heavy (non-hydrogen) atoms. The molecule has 0 spiro atoms. The van der Waals surface area contributed by atoms with E-state index in [-0.39, 0.29) is 11.8 Å². The third-order valence-electron chi connectivity index (χ3n) is 2.69. The van der Waals surface area contributed by atoms with E-state index in [4.69, 9.17) is 0 Å². The van der Waals surface area contributed by atoms with Crippen LogP contribution in [-0.2, 0) is 4.79 Å². The molecule has 0 radical (unpaired) electrons. The van der Waals surface area contributed by atoms with E-state index in [9.17, 15) is 4.79 Å². The third-order valence-corrected chi connectivity index (χ3v) is 4.01. The Morgan fingerprint density at radius 2 is 2.21 bits per heavy atom. The van der Waals surface area contributed by atoms with Gasteiger partial charge in [0, 0.05) is 17.2 Å². The average molecular weight is 215 g/mol. The summed E-state index contributed by atoms with van der Waals surface area (Å²) >= 11 is 1.99. The highest BCUT2D eigenvalue weighted by atomic mass is 32.2. The fourth-order valence-corrected chi connectivity index (χ4v) is 3.05. The normalized spacial score (nSPS) is 26.9. The number of rotatable bonds is 4. The number of thioether (sulfide) groups is 1. The summed E-state index contributed by atoms with van der Waals surface area (Å²) in [5, 5.41) is 3.81. The molecule has 1 aliphatic carbocycles. The summed E-state index contributed by atoms with van der Waals surface area (Å²) in [7, 11) is 0. The molecule has 1 rings (SSSR count). The van der Waals surface area contributed by atoms with Crippen LogP contribution in [0.4, 0.5) is 0 Å². The Kier molecular flexibility index (Phi) is 4.79. The van der Waals surface area contributed by atoms with Crippen molar-refractivity contribution in [3.05, 3.63) is 0 Å². The van der Waals surface area contributed by atoms with Crippen molar-refractivity contribution in [1.82, 2.24) is 5.32 Å². The SMILES string of the molecule is CCSC1CCCC1NC(=O)C(C)C. The zero-order valence-corrected chi connectivity index (χ0v) is 10.2. The molecule has 2 unspecified atom stereocenters. The highest BCUT2D eigenvalue weighted by Gasteiger charge is 2.28. The molecule has 1 fully saturated rings. The van der Waals surface area contributed by atoms with E-state index in [0.717, 1.165) is 12.2 Å². The van der Waals surface area contributed by atoms with Gasteiger partial charge in [0.15, 0.2) is 0 Å². The first-order valence-electron chi connectivity index (χ1n) is 5.57. The Morgan fingerprint density at radius 1 is 1.50 bits per heavy atom. The van der Waals surface area contributed by atoms with Gasteiger partial charge in [-0.2, -0.15) is 11.8 Å². The van der Waals surface area contributed by atoms with E-state index in [0.29, 0.717) is 11.3 Å². The van der Waals surface area contributed by atoms with Crippen molar-refractivity contribution in [2.45, 2.75) is 51.3 Å². The monoisotopic (exact) mass is 215 g/mol. The van der Waals surface area contributed by atoms with Crippen LogP contribution in [0.2, 0.25) is 0 Å². The van der Waals surface area contributed by atoms with Gasteiger partial charge < -0.3 is 5.32 Å². The molecular weight excluding hydrogens is 194 g/mol. The molecule has 82 valence electrons. The standard InChI is InChI=1S/C11H21NOS/c1-4-14-10-7-5-6-9(10)12-11(13)8(2)3/h8-10H,4-7H2,1-3H3,(H,12,13). The summed E-state index contributed by atoms with van der Waals surface area (Å²) in [5.74, 6) is 1.47. The second-order valence-electron chi connectivity index (χ2n) is 4.19. The fraction of sp³-hybridized carbons (Fsp3) is 0.909. The van der Waals surface area contributed by atoms with Gasteiger partial charge in [-0.3, -0.25) is 4.79 Å². The third kappa shape index (κ3) is 3.19. The summed E-state index contributed by atoms with van der Waals surface area (Å²) in [6.07, 6.45) is 3.69. The largest absolute Gasteiger partial charge is 0.352 e. The second-order valence-corrected chi connectivity index (χ2v) is 5.71. The van der Waals surface area contributed by atoms with Gasteiger partial charge >= 0.3 is 0 Å². The van der Waals surface area contributed by atoms with Crippen LogP contribution in [0.25, 0.3) is 0 Å². The van der Waals surface area contributed by atoms with Gasteiger partial charge in [-0.05, 0) is 18.6 Å². The average Bonchev–Trinajstić information content (AvgIpc) is 2.53. The molecule has 2 atom stereocenters. The lowest BCUT2D eigenvalue weighted by Crippen LogP contribution is -2.40. The Labute approximate surface area is 91.2 Å². The second kappa shape index (κ2) is 5.64. The smallest absolute Gasteiger partial charge is 0.222 e. The summed E-state index contributed by atoms with van der Waals surface area (Å²) in [6, 6.07) is 0.426. The van der Waals surface area contributed by atoms with Gasteiger partial charge in [-0.15, -0.1) is 0 Å². The first-order chi connectivity index (χ1) is 6.65. The number of carbonyl (C=O) groups excluding carboxylic acids is 1. The van der Waals surface area contributed by atoms with Crippen LogP contribution in [0, 0.1) is 5.92 Å². The zero-order valence-electron chi connectivity index (χ0n) is 9.38. The van der Waals surface area contributed by atoms with Crippen molar-refractivity contribution >= 4 is 17.7 Å². The van der Waals surface area contributed by atoms with Gasteiger partial charge in [-0.25, -0.2) is 0 Å². The van der Waals surface area contributed by atoms with Crippen LogP contribution in [0.1, 0.15) is 40.0 Å². The predicted octanol–water partition coefficient (Wildman–Crippen LogP) is 2.43. The van der Waals surface area contributed by atoms with E-state index < -0.39 is 0 Å². The Balaban J connectivity index is 2.39. The highest BCUT2D eigenvalue weighted by Crippen LogP contribution is 2.29. The summed E-state index contributed by atoms with van der Waals surface area (Å²) in [6.45, 7) is 6.09. The van der Waals surface area contributed by atoms with Crippen LogP contribution in [0.5, 0.6) is 0 Å². The minimum Gasteiger partial charge on any atom is -0.352 e. The zero-order chi connectivity index (χ0) is 10.6. The molecule has 0 aliphatic heterocycles. The number of amides is 1. The van der Waals surface area contributed by atoms with Crippen molar-refractivity contribution in [3.8, 4) is 0 Å². The molecule has 0 aromatic carbocycles. The van der Waals surface area contributed by atoms with Crippen LogP contribution >= 0.6 is 11.8 Å². The van der Waals surface area contributed by atoms with Gasteiger partial charge in [0.05, 0.1) is 0 Å². The summed E-state index contributed by atoms with van der Waals surface area (Å²) in [4.78, 5) is 11.5. The molecule has 0 aromatic rings. The van der Waals surface area contributed by atoms with Gasteiger partial charge in [0.1, 0.15) is 0 Å². The number of hydrogen-bond acceptors (Lipinski definition) is 2. The molecule has 0 saturated heterocycles. The van der Waals surface area contributed by atoms with Crippen molar-refractivity contribution < 1.29 is 4.79 Å². The molecule has 3 heteroatoms. The van der Waals surface area contributed by atoms with Crippen molar-refractivity contribution in [1.29, 1.82) is 0 Å². The van der Waals surface area contributed by atoms with E-state index in [1.807, 2.05) is 25.6 Å². The van der Waals surface area contributed by atoms with E-state index in [1.165, 1.54) is 12.8 Å². The molecular formula is C11H21NOS. The van der Waals surface area contributed by atoms with Crippen LogP contribution < -0.4 is 5.32 Å². The van der Waals surface area contributed by atoms with E-state index >= 15 is 0 Å². The highest BCUT2D eigenvalue weighted by molar-refractivity contribution is 7.99. The van der Waals surface area contributed by atoms with Crippen LogP contribution in [-0.4, -0.2) is 23.0 Å². The number of carbonyl (C=O) groups is 1. The van der Waals surface area contributed by atoms with Crippen LogP contribution in [0.3, 0.4) is 0 Å². The molecule has 1 amide bonds.